The van der Waals surface area contributed by atoms with Crippen LogP contribution < -0.4 is 14.8 Å². The van der Waals surface area contributed by atoms with Gasteiger partial charge in [0, 0.05) is 0 Å². The molecule has 0 saturated carbocycles. The van der Waals surface area contributed by atoms with E-state index < -0.39 is 5.91 Å². The first-order chi connectivity index (χ1) is 16.5. The van der Waals surface area contributed by atoms with E-state index in [2.05, 4.69) is 10.3 Å². The lowest BCUT2D eigenvalue weighted by molar-refractivity contribution is -0.112. The Kier molecular flexibility index (Phi) is 6.90. The Bertz CT molecular complexity index is 1380. The highest BCUT2D eigenvalue weighted by molar-refractivity contribution is 7.22. The quantitative estimate of drug-likeness (QED) is 0.263. The standard InChI is InChI=1S/C27H23N3O3S/c1-17-11-22-25(12-18(17)2)34-27(29-22)30-26(31)21(15-28)13-20-9-10-23(24(14-20)32-3)33-16-19-7-5-4-6-8-19/h4-14H,16H2,1-3H3,(H,29,30,31)/b21-13+. The zero-order valence-electron chi connectivity index (χ0n) is 19.1. The topological polar surface area (TPSA) is 84.2 Å². The summed E-state index contributed by atoms with van der Waals surface area (Å²) in [6.45, 7) is 4.46. The maximum Gasteiger partial charge on any atom is 0.268 e. The van der Waals surface area contributed by atoms with Crippen LogP contribution in [0.25, 0.3) is 16.3 Å². The summed E-state index contributed by atoms with van der Waals surface area (Å²) >= 11 is 1.38. The lowest BCUT2D eigenvalue weighted by Gasteiger charge is -2.11. The molecule has 1 aromatic heterocycles. The van der Waals surface area contributed by atoms with Crippen molar-refractivity contribution in [2.24, 2.45) is 0 Å². The molecule has 0 radical (unpaired) electrons. The molecule has 0 atom stereocenters. The highest BCUT2D eigenvalue weighted by atomic mass is 32.1. The molecule has 170 valence electrons. The molecule has 4 aromatic rings. The van der Waals surface area contributed by atoms with Gasteiger partial charge in [0.1, 0.15) is 18.2 Å². The summed E-state index contributed by atoms with van der Waals surface area (Å²) in [6.07, 6.45) is 1.51. The van der Waals surface area contributed by atoms with Crippen LogP contribution in [0.4, 0.5) is 5.13 Å². The van der Waals surface area contributed by atoms with Crippen molar-refractivity contribution in [3.05, 3.63) is 88.5 Å². The number of ether oxygens (including phenoxy) is 2. The van der Waals surface area contributed by atoms with Gasteiger partial charge in [-0.2, -0.15) is 5.26 Å². The van der Waals surface area contributed by atoms with E-state index in [9.17, 15) is 10.1 Å². The van der Waals surface area contributed by atoms with Crippen LogP contribution in [-0.4, -0.2) is 18.0 Å². The van der Waals surface area contributed by atoms with E-state index >= 15 is 0 Å². The van der Waals surface area contributed by atoms with E-state index in [4.69, 9.17) is 9.47 Å². The van der Waals surface area contributed by atoms with Gasteiger partial charge in [0.25, 0.3) is 5.91 Å². The summed E-state index contributed by atoms with van der Waals surface area (Å²) in [6, 6.07) is 21.1. The molecule has 0 fully saturated rings. The Morgan fingerprint density at radius 1 is 1.09 bits per heavy atom. The Balaban J connectivity index is 1.51. The Hall–Kier alpha value is -4.15. The molecule has 0 aliphatic carbocycles. The van der Waals surface area contributed by atoms with E-state index in [1.165, 1.54) is 17.4 Å². The van der Waals surface area contributed by atoms with Crippen LogP contribution in [0.5, 0.6) is 11.5 Å². The number of carbonyl (C=O) groups is 1. The molecule has 6 nitrogen and oxygen atoms in total. The third-order valence-electron chi connectivity index (χ3n) is 5.33. The van der Waals surface area contributed by atoms with Crippen molar-refractivity contribution in [2.45, 2.75) is 20.5 Å². The van der Waals surface area contributed by atoms with Gasteiger partial charge < -0.3 is 9.47 Å². The molecule has 0 aliphatic heterocycles. The fourth-order valence-electron chi connectivity index (χ4n) is 3.34. The largest absolute Gasteiger partial charge is 0.493 e. The third kappa shape index (κ3) is 5.25. The number of nitriles is 1. The van der Waals surface area contributed by atoms with Crippen molar-refractivity contribution in [3.8, 4) is 17.6 Å². The van der Waals surface area contributed by atoms with E-state index in [0.29, 0.717) is 28.8 Å². The smallest absolute Gasteiger partial charge is 0.268 e. The molecular weight excluding hydrogens is 446 g/mol. The predicted molar refractivity (Wildman–Crippen MR) is 135 cm³/mol. The third-order valence-corrected chi connectivity index (χ3v) is 6.26. The van der Waals surface area contributed by atoms with Gasteiger partial charge in [-0.3, -0.25) is 10.1 Å². The molecule has 1 amide bonds. The highest BCUT2D eigenvalue weighted by Gasteiger charge is 2.14. The van der Waals surface area contributed by atoms with Crippen molar-refractivity contribution in [1.29, 1.82) is 5.26 Å². The van der Waals surface area contributed by atoms with Crippen molar-refractivity contribution in [2.75, 3.05) is 12.4 Å². The van der Waals surface area contributed by atoms with Crippen molar-refractivity contribution >= 4 is 38.7 Å². The first kappa shape index (κ1) is 23.0. The van der Waals surface area contributed by atoms with Crippen molar-refractivity contribution in [3.63, 3.8) is 0 Å². The Morgan fingerprint density at radius 2 is 1.85 bits per heavy atom. The zero-order valence-corrected chi connectivity index (χ0v) is 19.9. The van der Waals surface area contributed by atoms with Gasteiger partial charge in [0.2, 0.25) is 0 Å². The molecular formula is C27H23N3O3S. The molecule has 3 aromatic carbocycles. The number of aromatic nitrogens is 1. The molecule has 0 bridgehead atoms. The van der Waals surface area contributed by atoms with Crippen LogP contribution >= 0.6 is 11.3 Å². The second kappa shape index (κ2) is 10.2. The van der Waals surface area contributed by atoms with Gasteiger partial charge in [-0.25, -0.2) is 4.98 Å². The normalized spacial score (nSPS) is 11.2. The van der Waals surface area contributed by atoms with Gasteiger partial charge in [-0.15, -0.1) is 0 Å². The van der Waals surface area contributed by atoms with E-state index in [1.807, 2.05) is 62.4 Å². The molecule has 0 spiro atoms. The fourth-order valence-corrected chi connectivity index (χ4v) is 4.28. The van der Waals surface area contributed by atoms with Crippen LogP contribution in [0.3, 0.4) is 0 Å². The first-order valence-corrected chi connectivity index (χ1v) is 11.4. The van der Waals surface area contributed by atoms with E-state index in [0.717, 1.165) is 26.9 Å². The minimum Gasteiger partial charge on any atom is -0.493 e. The summed E-state index contributed by atoms with van der Waals surface area (Å²) in [7, 11) is 1.55. The van der Waals surface area contributed by atoms with Gasteiger partial charge in [0.15, 0.2) is 16.6 Å². The predicted octanol–water partition coefficient (Wildman–Crippen LogP) is 6.05. The molecule has 0 unspecified atom stereocenters. The van der Waals surface area contributed by atoms with Crippen LogP contribution in [0.2, 0.25) is 0 Å². The Morgan fingerprint density at radius 3 is 2.59 bits per heavy atom. The molecule has 1 N–H and O–H groups in total. The highest BCUT2D eigenvalue weighted by Crippen LogP contribution is 2.31. The average molecular weight is 470 g/mol. The van der Waals surface area contributed by atoms with Gasteiger partial charge in [-0.05, 0) is 66.4 Å². The molecule has 7 heteroatoms. The number of carbonyl (C=O) groups excluding carboxylic acids is 1. The van der Waals surface area contributed by atoms with Gasteiger partial charge in [-0.1, -0.05) is 47.7 Å². The van der Waals surface area contributed by atoms with Crippen LogP contribution in [0.1, 0.15) is 22.3 Å². The monoisotopic (exact) mass is 469 g/mol. The number of rotatable bonds is 7. The molecule has 34 heavy (non-hydrogen) atoms. The van der Waals surface area contributed by atoms with Gasteiger partial charge in [0.05, 0.1) is 17.3 Å². The van der Waals surface area contributed by atoms with E-state index in [1.54, 1.807) is 25.3 Å². The SMILES string of the molecule is COc1cc(/C=C(\C#N)C(=O)Nc2nc3cc(C)c(C)cc3s2)ccc1OCc1ccccc1. The number of amides is 1. The van der Waals surface area contributed by atoms with Gasteiger partial charge >= 0.3 is 0 Å². The Labute approximate surface area is 202 Å². The van der Waals surface area contributed by atoms with Crippen LogP contribution in [0.15, 0.2) is 66.2 Å². The number of anilines is 1. The second-order valence-electron chi connectivity index (χ2n) is 7.73. The number of nitrogens with zero attached hydrogens (tertiary/aromatic N) is 2. The van der Waals surface area contributed by atoms with Crippen LogP contribution in [-0.2, 0) is 11.4 Å². The maximum atomic E-state index is 12.7. The second-order valence-corrected chi connectivity index (χ2v) is 8.76. The summed E-state index contributed by atoms with van der Waals surface area (Å²) in [5.74, 6) is 0.573. The molecule has 4 rings (SSSR count). The molecule has 0 aliphatic rings. The lowest BCUT2D eigenvalue weighted by Crippen LogP contribution is -2.13. The summed E-state index contributed by atoms with van der Waals surface area (Å²) in [5.41, 5.74) is 4.77. The van der Waals surface area contributed by atoms with Crippen LogP contribution in [0, 0.1) is 25.2 Å². The first-order valence-electron chi connectivity index (χ1n) is 10.6. The molecule has 0 saturated heterocycles. The summed E-state index contributed by atoms with van der Waals surface area (Å²) in [5, 5.41) is 12.8. The number of benzene rings is 3. The average Bonchev–Trinajstić information content (AvgIpc) is 3.22. The fraction of sp³-hybridized carbons (Fsp3) is 0.148. The number of nitrogens with one attached hydrogen (secondary N) is 1. The minimum atomic E-state index is -0.515. The van der Waals surface area contributed by atoms with Crippen molar-refractivity contribution in [1.82, 2.24) is 4.98 Å². The number of hydrogen-bond acceptors (Lipinski definition) is 6. The minimum absolute atomic E-state index is 0.0355. The summed E-state index contributed by atoms with van der Waals surface area (Å²) in [4.78, 5) is 17.2. The number of hydrogen-bond donors (Lipinski definition) is 1. The lowest BCUT2D eigenvalue weighted by atomic mass is 10.1. The number of thiazole rings is 1. The number of methoxy groups -OCH3 is 1. The molecule has 1 heterocycles. The number of fused-ring (bicyclic) bond motifs is 1. The number of aryl methyl sites for hydroxylation is 2. The zero-order chi connectivity index (χ0) is 24.1. The maximum absolute atomic E-state index is 12.7. The van der Waals surface area contributed by atoms with E-state index in [-0.39, 0.29) is 5.57 Å². The summed E-state index contributed by atoms with van der Waals surface area (Å²) < 4.78 is 12.3. The van der Waals surface area contributed by atoms with Crippen molar-refractivity contribution < 1.29 is 14.3 Å².